The van der Waals surface area contributed by atoms with E-state index in [9.17, 15) is 9.59 Å². The Hall–Kier alpha value is -3.48. The molecule has 1 saturated carbocycles. The van der Waals surface area contributed by atoms with E-state index in [1.54, 1.807) is 12.4 Å². The molecule has 0 bridgehead atoms. The second-order valence-corrected chi connectivity index (χ2v) is 10.3. The molecule has 2 heterocycles. The number of alkyl carbamates (subject to hydrolysis) is 1. The van der Waals surface area contributed by atoms with Gasteiger partial charge in [-0.25, -0.2) is 9.78 Å². The Balaban J connectivity index is 1.33. The molecular weight excluding hydrogens is 440 g/mol. The second kappa shape index (κ2) is 10.8. The van der Waals surface area contributed by atoms with E-state index in [-0.39, 0.29) is 12.0 Å². The van der Waals surface area contributed by atoms with Crippen LogP contribution in [0.4, 0.5) is 4.79 Å². The van der Waals surface area contributed by atoms with Crippen LogP contribution in [0.3, 0.4) is 0 Å². The summed E-state index contributed by atoms with van der Waals surface area (Å²) in [6.07, 6.45) is 7.23. The molecule has 0 unspecified atom stereocenters. The molecule has 1 aliphatic carbocycles. The van der Waals surface area contributed by atoms with Crippen LogP contribution >= 0.6 is 0 Å². The number of pyridine rings is 2. The van der Waals surface area contributed by atoms with E-state index < -0.39 is 5.60 Å². The zero-order chi connectivity index (χ0) is 24.8. The average Bonchev–Trinajstić information content (AvgIpc) is 2.85. The summed E-state index contributed by atoms with van der Waals surface area (Å²) in [6, 6.07) is 13.4. The van der Waals surface area contributed by atoms with Gasteiger partial charge >= 0.3 is 6.09 Å². The van der Waals surface area contributed by atoms with Gasteiger partial charge < -0.3 is 15.4 Å². The molecule has 1 aromatic carbocycles. The number of aromatic nitrogens is 2. The summed E-state index contributed by atoms with van der Waals surface area (Å²) in [5, 5.41) is 6.89. The van der Waals surface area contributed by atoms with Gasteiger partial charge in [-0.3, -0.25) is 9.78 Å². The van der Waals surface area contributed by atoms with E-state index in [4.69, 9.17) is 9.72 Å². The summed E-state index contributed by atoms with van der Waals surface area (Å²) in [5.41, 5.74) is 2.55. The van der Waals surface area contributed by atoms with Crippen molar-refractivity contribution in [2.24, 2.45) is 11.8 Å². The molecule has 7 heteroatoms. The summed E-state index contributed by atoms with van der Waals surface area (Å²) in [4.78, 5) is 34.0. The van der Waals surface area contributed by atoms with Crippen molar-refractivity contribution < 1.29 is 14.3 Å². The molecule has 0 radical (unpaired) electrons. The fourth-order valence-electron chi connectivity index (χ4n) is 4.54. The molecule has 0 atom stereocenters. The molecule has 7 nitrogen and oxygen atoms in total. The minimum Gasteiger partial charge on any atom is -0.444 e. The lowest BCUT2D eigenvalue weighted by Gasteiger charge is -2.29. The number of hydrogen-bond acceptors (Lipinski definition) is 5. The Bertz CT molecular complexity index is 1170. The van der Waals surface area contributed by atoms with Crippen molar-refractivity contribution >= 4 is 22.9 Å². The van der Waals surface area contributed by atoms with Crippen molar-refractivity contribution in [3.8, 4) is 11.3 Å². The lowest BCUT2D eigenvalue weighted by Crippen LogP contribution is -2.37. The maximum Gasteiger partial charge on any atom is 0.407 e. The molecule has 1 aliphatic rings. The molecule has 2 aromatic heterocycles. The first-order valence-corrected chi connectivity index (χ1v) is 12.3. The fraction of sp³-hybridized carbons (Fsp3) is 0.429. The molecule has 184 valence electrons. The third kappa shape index (κ3) is 6.78. The predicted molar refractivity (Wildman–Crippen MR) is 137 cm³/mol. The molecule has 0 saturated heterocycles. The normalized spacial score (nSPS) is 18.1. The number of nitrogens with zero attached hydrogens (tertiary/aromatic N) is 2. The minimum atomic E-state index is -0.487. The molecule has 2 N–H and O–H groups in total. The summed E-state index contributed by atoms with van der Waals surface area (Å²) in [6.45, 7) is 6.86. The van der Waals surface area contributed by atoms with E-state index in [0.717, 1.165) is 47.8 Å². The van der Waals surface area contributed by atoms with Crippen molar-refractivity contribution in [2.75, 3.05) is 13.1 Å². The van der Waals surface area contributed by atoms with Gasteiger partial charge in [-0.15, -0.1) is 0 Å². The Morgan fingerprint density at radius 3 is 2.31 bits per heavy atom. The lowest BCUT2D eigenvalue weighted by molar-refractivity contribution is 0.0512. The molecule has 0 aliphatic heterocycles. The molecule has 3 aromatic rings. The number of ether oxygens (including phenoxy) is 1. The third-order valence-electron chi connectivity index (χ3n) is 6.37. The van der Waals surface area contributed by atoms with Crippen LogP contribution in [0.15, 0.2) is 54.9 Å². The predicted octanol–water partition coefficient (Wildman–Crippen LogP) is 5.36. The Morgan fingerprint density at radius 1 is 0.971 bits per heavy atom. The van der Waals surface area contributed by atoms with Gasteiger partial charge in [0.2, 0.25) is 0 Å². The van der Waals surface area contributed by atoms with E-state index >= 15 is 0 Å². The zero-order valence-electron chi connectivity index (χ0n) is 20.7. The maximum absolute atomic E-state index is 13.2. The van der Waals surface area contributed by atoms with Gasteiger partial charge in [0.05, 0.1) is 16.8 Å². The number of para-hydroxylation sites is 1. The van der Waals surface area contributed by atoms with Crippen LogP contribution in [0.5, 0.6) is 0 Å². The summed E-state index contributed by atoms with van der Waals surface area (Å²) in [7, 11) is 0. The minimum absolute atomic E-state index is 0.0811. The number of hydrogen-bond donors (Lipinski definition) is 2. The fourth-order valence-corrected chi connectivity index (χ4v) is 4.54. The Labute approximate surface area is 206 Å². The molecular formula is C28H34N4O3. The van der Waals surface area contributed by atoms with Gasteiger partial charge in [0.1, 0.15) is 5.60 Å². The van der Waals surface area contributed by atoms with Crippen LogP contribution in [0.2, 0.25) is 0 Å². The van der Waals surface area contributed by atoms with E-state index in [1.165, 1.54) is 0 Å². The maximum atomic E-state index is 13.2. The van der Waals surface area contributed by atoms with Gasteiger partial charge in [0.15, 0.2) is 0 Å². The van der Waals surface area contributed by atoms with E-state index in [0.29, 0.717) is 30.5 Å². The molecule has 0 spiro atoms. The first-order chi connectivity index (χ1) is 16.8. The van der Waals surface area contributed by atoms with Gasteiger partial charge in [-0.2, -0.15) is 0 Å². The first-order valence-electron chi connectivity index (χ1n) is 12.3. The summed E-state index contributed by atoms with van der Waals surface area (Å²) < 4.78 is 5.32. The quantitative estimate of drug-likeness (QED) is 0.502. The van der Waals surface area contributed by atoms with Crippen molar-refractivity contribution in [2.45, 2.75) is 52.1 Å². The van der Waals surface area contributed by atoms with Gasteiger partial charge in [-0.05, 0) is 82.6 Å². The molecule has 4 rings (SSSR count). The molecule has 2 amide bonds. The van der Waals surface area contributed by atoms with Crippen LogP contribution in [-0.2, 0) is 4.74 Å². The highest BCUT2D eigenvalue weighted by Gasteiger charge is 2.24. The standard InChI is InChI=1S/C28H34N4O3/c1-28(2,3)35-27(34)31-17-20-12-10-19(11-13-20)16-30-26(33)23-15-25(21-7-6-14-29-18-21)32-24-9-5-4-8-22(23)24/h4-9,14-15,18-20H,10-13,16-17H2,1-3H3,(H,30,33)(H,31,34). The van der Waals surface area contributed by atoms with Crippen molar-refractivity contribution in [1.82, 2.24) is 20.6 Å². The van der Waals surface area contributed by atoms with E-state index in [2.05, 4.69) is 15.6 Å². The van der Waals surface area contributed by atoms with Crippen LogP contribution in [-0.4, -0.2) is 40.7 Å². The van der Waals surface area contributed by atoms with Gasteiger partial charge in [-0.1, -0.05) is 18.2 Å². The van der Waals surface area contributed by atoms with Crippen molar-refractivity contribution in [3.05, 3.63) is 60.4 Å². The highest BCUT2D eigenvalue weighted by atomic mass is 16.6. The second-order valence-electron chi connectivity index (χ2n) is 10.3. The van der Waals surface area contributed by atoms with Crippen LogP contribution < -0.4 is 10.6 Å². The Kier molecular flexibility index (Phi) is 7.63. The number of fused-ring (bicyclic) bond motifs is 1. The average molecular weight is 475 g/mol. The molecule has 1 fully saturated rings. The van der Waals surface area contributed by atoms with Gasteiger partial charge in [0, 0.05) is 36.4 Å². The SMILES string of the molecule is CC(C)(C)OC(=O)NCC1CCC(CNC(=O)c2cc(-c3cccnc3)nc3ccccc23)CC1. The highest BCUT2D eigenvalue weighted by Crippen LogP contribution is 2.29. The number of carbonyl (C=O) groups is 2. The van der Waals surface area contributed by atoms with E-state index in [1.807, 2.05) is 63.2 Å². The van der Waals surface area contributed by atoms with Crippen LogP contribution in [0.1, 0.15) is 56.8 Å². The molecule has 35 heavy (non-hydrogen) atoms. The summed E-state index contributed by atoms with van der Waals surface area (Å²) >= 11 is 0. The monoisotopic (exact) mass is 474 g/mol. The Morgan fingerprint density at radius 2 is 1.66 bits per heavy atom. The number of benzene rings is 1. The number of amides is 2. The van der Waals surface area contributed by atoms with Crippen molar-refractivity contribution in [1.29, 1.82) is 0 Å². The van der Waals surface area contributed by atoms with Crippen LogP contribution in [0, 0.1) is 11.8 Å². The number of carbonyl (C=O) groups excluding carboxylic acids is 2. The lowest BCUT2D eigenvalue weighted by atomic mass is 9.82. The highest BCUT2D eigenvalue weighted by molar-refractivity contribution is 6.07. The van der Waals surface area contributed by atoms with Crippen LogP contribution in [0.25, 0.3) is 22.2 Å². The third-order valence-corrected chi connectivity index (χ3v) is 6.37. The topological polar surface area (TPSA) is 93.2 Å². The summed E-state index contributed by atoms with van der Waals surface area (Å²) in [5.74, 6) is 0.797. The zero-order valence-corrected chi connectivity index (χ0v) is 20.7. The number of nitrogens with one attached hydrogen (secondary N) is 2. The van der Waals surface area contributed by atoms with Crippen molar-refractivity contribution in [3.63, 3.8) is 0 Å². The van der Waals surface area contributed by atoms with Gasteiger partial charge in [0.25, 0.3) is 5.91 Å². The number of rotatable bonds is 6. The smallest absolute Gasteiger partial charge is 0.407 e. The largest absolute Gasteiger partial charge is 0.444 e. The first kappa shape index (κ1) is 24.6.